The van der Waals surface area contributed by atoms with Crippen LogP contribution in [0.1, 0.15) is 22.3 Å². The van der Waals surface area contributed by atoms with Crippen LogP contribution in [0.3, 0.4) is 0 Å². The van der Waals surface area contributed by atoms with E-state index in [1.807, 2.05) is 48.5 Å². The van der Waals surface area contributed by atoms with Crippen molar-refractivity contribution in [1.29, 1.82) is 0 Å². The van der Waals surface area contributed by atoms with E-state index in [2.05, 4.69) is 60.7 Å². The van der Waals surface area contributed by atoms with Crippen LogP contribution in [0, 0.1) is 0 Å². The van der Waals surface area contributed by atoms with Gasteiger partial charge in [0, 0.05) is 11.4 Å². The van der Waals surface area contributed by atoms with Gasteiger partial charge in [0.15, 0.2) is 0 Å². The fraction of sp³-hybridized carbons (Fsp3) is 0. The zero-order valence-electron chi connectivity index (χ0n) is 15.5. The maximum Gasteiger partial charge on any atom is 0.0314 e. The van der Waals surface area contributed by atoms with Gasteiger partial charge in [0.1, 0.15) is 0 Å². The summed E-state index contributed by atoms with van der Waals surface area (Å²) in [6.45, 7) is 0. The molecule has 0 radical (unpaired) electrons. The van der Waals surface area contributed by atoms with Crippen LogP contribution in [-0.2, 0) is 0 Å². The lowest BCUT2D eigenvalue weighted by Gasteiger charge is -2.08. The topological polar surface area (TPSA) is 52.0 Å². The third-order valence-electron chi connectivity index (χ3n) is 4.78. The third-order valence-corrected chi connectivity index (χ3v) is 4.78. The first-order chi connectivity index (χ1) is 13.7. The Morgan fingerprint density at radius 2 is 1.07 bits per heavy atom. The lowest BCUT2D eigenvalue weighted by Crippen LogP contribution is -1.86. The molecule has 4 aromatic rings. The minimum Gasteiger partial charge on any atom is -0.399 e. The number of benzene rings is 4. The molecule has 0 aliphatic heterocycles. The van der Waals surface area contributed by atoms with E-state index in [1.165, 1.54) is 21.9 Å². The number of fused-ring (bicyclic) bond motifs is 1. The molecule has 0 fully saturated rings. The van der Waals surface area contributed by atoms with Crippen molar-refractivity contribution in [1.82, 2.24) is 0 Å². The Bertz CT molecular complexity index is 1150. The highest BCUT2D eigenvalue weighted by Gasteiger charge is 2.03. The van der Waals surface area contributed by atoms with Gasteiger partial charge < -0.3 is 11.5 Å². The fourth-order valence-electron chi connectivity index (χ4n) is 3.22. The first-order valence-electron chi connectivity index (χ1n) is 9.28. The molecule has 0 bridgehead atoms. The summed E-state index contributed by atoms with van der Waals surface area (Å²) in [5, 5.41) is 2.46. The lowest BCUT2D eigenvalue weighted by molar-refractivity contribution is 1.63. The van der Waals surface area contributed by atoms with Crippen LogP contribution < -0.4 is 11.5 Å². The van der Waals surface area contributed by atoms with Crippen molar-refractivity contribution in [3.05, 3.63) is 107 Å². The average Bonchev–Trinajstić information content (AvgIpc) is 2.73. The van der Waals surface area contributed by atoms with E-state index in [1.54, 1.807) is 0 Å². The Kier molecular flexibility index (Phi) is 4.94. The number of nitrogens with two attached hydrogens (primary N) is 2. The maximum atomic E-state index is 5.80. The Balaban J connectivity index is 1.76. The standard InChI is InChI=1S/C26H22N2/c27-23-14-6-19(7-15-23)5-11-22-13-12-21-3-1-2-4-25(21)26(22)18-10-20-8-16-24(28)17-9-20/h1-18H,27-28H2. The average molecular weight is 362 g/mol. The molecule has 0 saturated carbocycles. The lowest BCUT2D eigenvalue weighted by atomic mass is 9.97. The molecule has 2 nitrogen and oxygen atoms in total. The summed E-state index contributed by atoms with van der Waals surface area (Å²) in [5.74, 6) is 0. The molecule has 4 N–H and O–H groups in total. The molecule has 0 amide bonds. The van der Waals surface area contributed by atoms with E-state index in [9.17, 15) is 0 Å². The van der Waals surface area contributed by atoms with Crippen LogP contribution in [-0.4, -0.2) is 0 Å². The highest BCUT2D eigenvalue weighted by atomic mass is 14.5. The van der Waals surface area contributed by atoms with Crippen LogP contribution in [0.25, 0.3) is 35.1 Å². The Morgan fingerprint density at radius 1 is 0.500 bits per heavy atom. The van der Waals surface area contributed by atoms with Gasteiger partial charge in [0.05, 0.1) is 0 Å². The molecular formula is C26H22N2. The first-order valence-corrected chi connectivity index (χ1v) is 9.28. The van der Waals surface area contributed by atoms with Crippen LogP contribution in [0.5, 0.6) is 0 Å². The third kappa shape index (κ3) is 3.97. The number of nitrogen functional groups attached to an aromatic ring is 2. The van der Waals surface area contributed by atoms with Gasteiger partial charge in [0.25, 0.3) is 0 Å². The molecule has 0 aliphatic carbocycles. The number of hydrogen-bond acceptors (Lipinski definition) is 2. The van der Waals surface area contributed by atoms with E-state index in [4.69, 9.17) is 11.5 Å². The predicted octanol–water partition coefficient (Wildman–Crippen LogP) is 6.35. The summed E-state index contributed by atoms with van der Waals surface area (Å²) in [7, 11) is 0. The molecule has 0 unspecified atom stereocenters. The quantitative estimate of drug-likeness (QED) is 0.328. The van der Waals surface area contributed by atoms with E-state index in [0.29, 0.717) is 0 Å². The zero-order chi connectivity index (χ0) is 19.3. The SMILES string of the molecule is Nc1ccc(C=Cc2ccc3ccccc3c2C=Cc2ccc(N)cc2)cc1. The molecule has 4 aromatic carbocycles. The van der Waals surface area contributed by atoms with E-state index in [0.717, 1.165) is 22.5 Å². The number of hydrogen-bond donors (Lipinski definition) is 2. The maximum absolute atomic E-state index is 5.80. The van der Waals surface area contributed by atoms with E-state index < -0.39 is 0 Å². The molecule has 0 atom stereocenters. The van der Waals surface area contributed by atoms with Gasteiger partial charge in [-0.15, -0.1) is 0 Å². The van der Waals surface area contributed by atoms with Gasteiger partial charge in [-0.2, -0.15) is 0 Å². The van der Waals surface area contributed by atoms with Crippen molar-refractivity contribution < 1.29 is 0 Å². The molecule has 28 heavy (non-hydrogen) atoms. The van der Waals surface area contributed by atoms with Crippen molar-refractivity contribution in [2.75, 3.05) is 11.5 Å². The van der Waals surface area contributed by atoms with Gasteiger partial charge in [-0.05, 0) is 57.3 Å². The van der Waals surface area contributed by atoms with Crippen molar-refractivity contribution >= 4 is 46.5 Å². The van der Waals surface area contributed by atoms with Crippen LogP contribution in [0.2, 0.25) is 0 Å². The molecular weight excluding hydrogens is 340 g/mol. The molecule has 4 rings (SSSR count). The predicted molar refractivity (Wildman–Crippen MR) is 124 cm³/mol. The Hall–Kier alpha value is -3.78. The smallest absolute Gasteiger partial charge is 0.0314 e. The summed E-state index contributed by atoms with van der Waals surface area (Å²) in [4.78, 5) is 0. The van der Waals surface area contributed by atoms with Gasteiger partial charge in [-0.25, -0.2) is 0 Å². The van der Waals surface area contributed by atoms with Crippen molar-refractivity contribution in [3.8, 4) is 0 Å². The summed E-state index contributed by atoms with van der Waals surface area (Å²) in [5.41, 5.74) is 17.7. The molecule has 136 valence electrons. The first kappa shape index (κ1) is 17.6. The zero-order valence-corrected chi connectivity index (χ0v) is 15.5. The Labute approximate surface area is 165 Å². The van der Waals surface area contributed by atoms with Gasteiger partial charge in [-0.1, -0.05) is 85.0 Å². The van der Waals surface area contributed by atoms with Gasteiger partial charge in [-0.3, -0.25) is 0 Å². The highest BCUT2D eigenvalue weighted by molar-refractivity contribution is 5.97. The fourth-order valence-corrected chi connectivity index (χ4v) is 3.22. The van der Waals surface area contributed by atoms with Gasteiger partial charge in [0.2, 0.25) is 0 Å². The highest BCUT2D eigenvalue weighted by Crippen LogP contribution is 2.26. The second kappa shape index (κ2) is 7.85. The van der Waals surface area contributed by atoms with Crippen molar-refractivity contribution in [3.63, 3.8) is 0 Å². The minimum atomic E-state index is 0.773. The normalized spacial score (nSPS) is 11.6. The minimum absolute atomic E-state index is 0.773. The summed E-state index contributed by atoms with van der Waals surface area (Å²) >= 11 is 0. The van der Waals surface area contributed by atoms with E-state index >= 15 is 0 Å². The van der Waals surface area contributed by atoms with Crippen LogP contribution >= 0.6 is 0 Å². The second-order valence-corrected chi connectivity index (χ2v) is 6.79. The largest absolute Gasteiger partial charge is 0.399 e. The molecule has 0 aromatic heterocycles. The second-order valence-electron chi connectivity index (χ2n) is 6.79. The van der Waals surface area contributed by atoms with Crippen LogP contribution in [0.15, 0.2) is 84.9 Å². The van der Waals surface area contributed by atoms with E-state index in [-0.39, 0.29) is 0 Å². The molecule has 2 heteroatoms. The van der Waals surface area contributed by atoms with Crippen molar-refractivity contribution in [2.45, 2.75) is 0 Å². The number of rotatable bonds is 4. The molecule has 0 spiro atoms. The van der Waals surface area contributed by atoms with Crippen molar-refractivity contribution in [2.24, 2.45) is 0 Å². The Morgan fingerprint density at radius 3 is 1.71 bits per heavy atom. The summed E-state index contributed by atoms with van der Waals surface area (Å²) in [6.07, 6.45) is 8.57. The van der Waals surface area contributed by atoms with Gasteiger partial charge >= 0.3 is 0 Å². The summed E-state index contributed by atoms with van der Waals surface area (Å²) in [6, 6.07) is 28.6. The molecule has 0 heterocycles. The molecule has 0 aliphatic rings. The summed E-state index contributed by atoms with van der Waals surface area (Å²) < 4.78 is 0. The number of anilines is 2. The molecule has 0 saturated heterocycles. The monoisotopic (exact) mass is 362 g/mol. The van der Waals surface area contributed by atoms with Crippen LogP contribution in [0.4, 0.5) is 11.4 Å².